The van der Waals surface area contributed by atoms with Crippen molar-refractivity contribution in [1.29, 1.82) is 0 Å². The van der Waals surface area contributed by atoms with E-state index in [0.717, 1.165) is 5.69 Å². The first kappa shape index (κ1) is 14.1. The second-order valence-corrected chi connectivity index (χ2v) is 5.55. The van der Waals surface area contributed by atoms with E-state index < -0.39 is 6.10 Å². The Bertz CT molecular complexity index is 591. The number of ether oxygens (including phenoxy) is 1. The third-order valence-electron chi connectivity index (χ3n) is 4.06. The molecule has 2 aromatic rings. The van der Waals surface area contributed by atoms with Crippen molar-refractivity contribution in [3.8, 4) is 5.88 Å². The molecule has 1 unspecified atom stereocenters. The van der Waals surface area contributed by atoms with Gasteiger partial charge >= 0.3 is 0 Å². The lowest BCUT2D eigenvalue weighted by Crippen LogP contribution is -2.08. The SMILES string of the molecule is COc1cccc(C(O)Cc2ccn(C3CCCC3)n2)n1. The van der Waals surface area contributed by atoms with Crippen LogP contribution >= 0.6 is 0 Å². The Morgan fingerprint density at radius 2 is 2.14 bits per heavy atom. The van der Waals surface area contributed by atoms with Crippen molar-refractivity contribution in [3.63, 3.8) is 0 Å². The summed E-state index contributed by atoms with van der Waals surface area (Å²) in [5, 5.41) is 14.9. The number of aromatic nitrogens is 3. The molecule has 0 saturated heterocycles. The molecule has 0 amide bonds. The summed E-state index contributed by atoms with van der Waals surface area (Å²) in [4.78, 5) is 4.26. The first-order valence-electron chi connectivity index (χ1n) is 7.49. The van der Waals surface area contributed by atoms with Crippen LogP contribution in [-0.2, 0) is 6.42 Å². The maximum Gasteiger partial charge on any atom is 0.213 e. The Morgan fingerprint density at radius 3 is 2.90 bits per heavy atom. The Morgan fingerprint density at radius 1 is 1.33 bits per heavy atom. The molecule has 5 nitrogen and oxygen atoms in total. The zero-order valence-corrected chi connectivity index (χ0v) is 12.3. The summed E-state index contributed by atoms with van der Waals surface area (Å²) in [6.07, 6.45) is 6.83. The number of hydrogen-bond donors (Lipinski definition) is 1. The number of rotatable bonds is 5. The average molecular weight is 287 g/mol. The van der Waals surface area contributed by atoms with Gasteiger partial charge in [0.15, 0.2) is 0 Å². The third kappa shape index (κ3) is 3.24. The molecular weight excluding hydrogens is 266 g/mol. The Labute approximate surface area is 124 Å². The van der Waals surface area contributed by atoms with Gasteiger partial charge in [0.1, 0.15) is 6.10 Å². The van der Waals surface area contributed by atoms with E-state index in [0.29, 0.717) is 24.0 Å². The van der Waals surface area contributed by atoms with Crippen LogP contribution in [0.5, 0.6) is 5.88 Å². The van der Waals surface area contributed by atoms with Gasteiger partial charge in [0.05, 0.1) is 24.5 Å². The molecule has 1 N–H and O–H groups in total. The Balaban J connectivity index is 1.67. The molecule has 0 aliphatic heterocycles. The van der Waals surface area contributed by atoms with Gasteiger partial charge in [0.2, 0.25) is 5.88 Å². The van der Waals surface area contributed by atoms with Gasteiger partial charge in [-0.3, -0.25) is 4.68 Å². The van der Waals surface area contributed by atoms with Crippen molar-refractivity contribution in [2.45, 2.75) is 44.2 Å². The molecule has 3 rings (SSSR count). The van der Waals surface area contributed by atoms with E-state index in [-0.39, 0.29) is 0 Å². The molecule has 0 aromatic carbocycles. The highest BCUT2D eigenvalue weighted by Gasteiger charge is 2.19. The van der Waals surface area contributed by atoms with E-state index in [9.17, 15) is 5.11 Å². The van der Waals surface area contributed by atoms with Crippen LogP contribution in [0.15, 0.2) is 30.5 Å². The highest BCUT2D eigenvalue weighted by atomic mass is 16.5. The van der Waals surface area contributed by atoms with Gasteiger partial charge in [-0.25, -0.2) is 4.98 Å². The normalized spacial score (nSPS) is 17.0. The Kier molecular flexibility index (Phi) is 4.20. The molecule has 0 radical (unpaired) electrons. The van der Waals surface area contributed by atoms with Gasteiger partial charge in [-0.05, 0) is 25.0 Å². The molecule has 5 heteroatoms. The topological polar surface area (TPSA) is 60.2 Å². The summed E-state index contributed by atoms with van der Waals surface area (Å²) in [5.41, 5.74) is 1.52. The van der Waals surface area contributed by atoms with Gasteiger partial charge in [-0.1, -0.05) is 18.9 Å². The molecule has 0 bridgehead atoms. The van der Waals surface area contributed by atoms with Crippen LogP contribution in [0.25, 0.3) is 0 Å². The van der Waals surface area contributed by atoms with Gasteiger partial charge in [0.25, 0.3) is 0 Å². The number of aliphatic hydroxyl groups excluding tert-OH is 1. The van der Waals surface area contributed by atoms with Crippen molar-refractivity contribution in [2.75, 3.05) is 7.11 Å². The largest absolute Gasteiger partial charge is 0.481 e. The summed E-state index contributed by atoms with van der Waals surface area (Å²) in [7, 11) is 1.57. The quantitative estimate of drug-likeness (QED) is 0.918. The van der Waals surface area contributed by atoms with E-state index in [4.69, 9.17) is 4.74 Å². The third-order valence-corrected chi connectivity index (χ3v) is 4.06. The molecule has 1 atom stereocenters. The van der Waals surface area contributed by atoms with Gasteiger partial charge in [-0.15, -0.1) is 0 Å². The standard InChI is InChI=1S/C16H21N3O2/c1-21-16-8-4-7-14(17-16)15(20)11-12-9-10-19(18-12)13-5-2-3-6-13/h4,7-10,13,15,20H,2-3,5-6,11H2,1H3. The fourth-order valence-electron chi connectivity index (χ4n) is 2.89. The molecule has 2 aromatic heterocycles. The van der Waals surface area contributed by atoms with Crippen LogP contribution in [0.2, 0.25) is 0 Å². The van der Waals surface area contributed by atoms with Crippen LogP contribution in [0.1, 0.15) is 49.2 Å². The highest BCUT2D eigenvalue weighted by molar-refractivity contribution is 5.18. The first-order chi connectivity index (χ1) is 10.3. The van der Waals surface area contributed by atoms with Gasteiger partial charge in [-0.2, -0.15) is 5.10 Å². The lowest BCUT2D eigenvalue weighted by molar-refractivity contribution is 0.171. The van der Waals surface area contributed by atoms with Crippen LogP contribution in [-0.4, -0.2) is 27.0 Å². The van der Waals surface area contributed by atoms with E-state index in [1.807, 2.05) is 23.0 Å². The maximum atomic E-state index is 10.3. The number of hydrogen-bond acceptors (Lipinski definition) is 4. The second-order valence-electron chi connectivity index (χ2n) is 5.55. The summed E-state index contributed by atoms with van der Waals surface area (Å²) < 4.78 is 7.13. The zero-order chi connectivity index (χ0) is 14.7. The number of pyridine rings is 1. The summed E-state index contributed by atoms with van der Waals surface area (Å²) in [6.45, 7) is 0. The van der Waals surface area contributed by atoms with Gasteiger partial charge in [0, 0.05) is 18.7 Å². The van der Waals surface area contributed by atoms with Crippen molar-refractivity contribution in [3.05, 3.63) is 41.9 Å². The molecule has 1 aliphatic carbocycles. The smallest absolute Gasteiger partial charge is 0.213 e. The minimum Gasteiger partial charge on any atom is -0.481 e. The Hall–Kier alpha value is -1.88. The zero-order valence-electron chi connectivity index (χ0n) is 12.3. The molecule has 1 saturated carbocycles. The molecule has 1 fully saturated rings. The van der Waals surface area contributed by atoms with E-state index >= 15 is 0 Å². The maximum absolute atomic E-state index is 10.3. The van der Waals surface area contributed by atoms with Crippen molar-refractivity contribution >= 4 is 0 Å². The molecule has 112 valence electrons. The highest BCUT2D eigenvalue weighted by Crippen LogP contribution is 2.29. The fraction of sp³-hybridized carbons (Fsp3) is 0.500. The number of methoxy groups -OCH3 is 1. The minimum atomic E-state index is -0.660. The second kappa shape index (κ2) is 6.26. The van der Waals surface area contributed by atoms with Crippen LogP contribution in [0.4, 0.5) is 0 Å². The molecule has 21 heavy (non-hydrogen) atoms. The summed E-state index contributed by atoms with van der Waals surface area (Å²) >= 11 is 0. The minimum absolute atomic E-state index is 0.472. The number of aliphatic hydroxyl groups is 1. The molecule has 1 aliphatic rings. The van der Waals surface area contributed by atoms with Crippen molar-refractivity contribution in [2.24, 2.45) is 0 Å². The summed E-state index contributed by atoms with van der Waals surface area (Å²) in [6, 6.07) is 7.93. The monoisotopic (exact) mass is 287 g/mol. The molecular formula is C16H21N3O2. The predicted molar refractivity (Wildman–Crippen MR) is 79.2 cm³/mol. The predicted octanol–water partition coefficient (Wildman–Crippen LogP) is 2.68. The number of nitrogens with zero attached hydrogens (tertiary/aromatic N) is 3. The van der Waals surface area contributed by atoms with E-state index in [1.165, 1.54) is 25.7 Å². The van der Waals surface area contributed by atoms with Crippen molar-refractivity contribution < 1.29 is 9.84 Å². The molecule has 0 spiro atoms. The van der Waals surface area contributed by atoms with E-state index in [2.05, 4.69) is 10.1 Å². The van der Waals surface area contributed by atoms with Crippen molar-refractivity contribution in [1.82, 2.24) is 14.8 Å². The first-order valence-corrected chi connectivity index (χ1v) is 7.49. The summed E-state index contributed by atoms with van der Waals surface area (Å²) in [5.74, 6) is 0.517. The average Bonchev–Trinajstić information content (AvgIpc) is 3.18. The van der Waals surface area contributed by atoms with Gasteiger partial charge < -0.3 is 9.84 Å². The lowest BCUT2D eigenvalue weighted by Gasteiger charge is -2.11. The van der Waals surface area contributed by atoms with Crippen LogP contribution < -0.4 is 4.74 Å². The van der Waals surface area contributed by atoms with E-state index in [1.54, 1.807) is 19.2 Å². The lowest BCUT2D eigenvalue weighted by atomic mass is 10.1. The van der Waals surface area contributed by atoms with Crippen LogP contribution in [0.3, 0.4) is 0 Å². The van der Waals surface area contributed by atoms with Crippen LogP contribution in [0, 0.1) is 0 Å². The fourth-order valence-corrected chi connectivity index (χ4v) is 2.89. The molecule has 2 heterocycles.